The number of anilines is 1. The van der Waals surface area contributed by atoms with Crippen molar-refractivity contribution in [1.29, 1.82) is 0 Å². The van der Waals surface area contributed by atoms with Crippen LogP contribution in [0.5, 0.6) is 0 Å². The van der Waals surface area contributed by atoms with Gasteiger partial charge in [0.25, 0.3) is 0 Å². The number of nitrogens with one attached hydrogen (secondary N) is 1. The predicted molar refractivity (Wildman–Crippen MR) is 64.7 cm³/mol. The van der Waals surface area contributed by atoms with Crippen molar-refractivity contribution in [2.45, 2.75) is 13.0 Å². The van der Waals surface area contributed by atoms with Crippen LogP contribution in [0.2, 0.25) is 0 Å². The molecule has 0 bridgehead atoms. The summed E-state index contributed by atoms with van der Waals surface area (Å²) in [4.78, 5) is 0. The standard InChI is InChI=1S/C14H10F5N/c1-7(8-4-9(15)6-10(16)5-8)20-12-3-2-11(17)13(18)14(12)19/h2-7,20H,1H3. The van der Waals surface area contributed by atoms with E-state index < -0.39 is 35.1 Å². The van der Waals surface area contributed by atoms with Crippen molar-refractivity contribution in [2.24, 2.45) is 0 Å². The monoisotopic (exact) mass is 287 g/mol. The molecule has 0 aliphatic heterocycles. The van der Waals surface area contributed by atoms with Gasteiger partial charge in [0.2, 0.25) is 0 Å². The maximum absolute atomic E-state index is 13.5. The minimum Gasteiger partial charge on any atom is -0.376 e. The second-order valence-electron chi connectivity index (χ2n) is 4.29. The van der Waals surface area contributed by atoms with E-state index in [9.17, 15) is 22.0 Å². The lowest BCUT2D eigenvalue weighted by Gasteiger charge is -2.16. The Kier molecular flexibility index (Phi) is 3.92. The van der Waals surface area contributed by atoms with Crippen LogP contribution >= 0.6 is 0 Å². The minimum atomic E-state index is -1.60. The summed E-state index contributed by atoms with van der Waals surface area (Å²) in [5.41, 5.74) is -0.0762. The molecule has 0 saturated heterocycles. The molecule has 1 unspecified atom stereocenters. The Morgan fingerprint density at radius 2 is 1.45 bits per heavy atom. The van der Waals surface area contributed by atoms with E-state index in [0.29, 0.717) is 6.07 Å². The van der Waals surface area contributed by atoms with Gasteiger partial charge in [-0.1, -0.05) is 0 Å². The van der Waals surface area contributed by atoms with Crippen molar-refractivity contribution >= 4 is 5.69 Å². The Morgan fingerprint density at radius 1 is 0.850 bits per heavy atom. The molecule has 0 heterocycles. The molecule has 106 valence electrons. The van der Waals surface area contributed by atoms with Crippen molar-refractivity contribution in [3.05, 3.63) is 65.0 Å². The van der Waals surface area contributed by atoms with Crippen LogP contribution in [0.15, 0.2) is 30.3 Å². The number of hydrogen-bond acceptors (Lipinski definition) is 1. The SMILES string of the molecule is CC(Nc1ccc(F)c(F)c1F)c1cc(F)cc(F)c1. The number of rotatable bonds is 3. The molecule has 1 N–H and O–H groups in total. The fraction of sp³-hybridized carbons (Fsp3) is 0.143. The van der Waals surface area contributed by atoms with E-state index in [0.717, 1.165) is 24.3 Å². The van der Waals surface area contributed by atoms with Crippen molar-refractivity contribution in [2.75, 3.05) is 5.32 Å². The van der Waals surface area contributed by atoms with Gasteiger partial charge in [-0.3, -0.25) is 0 Å². The number of benzene rings is 2. The summed E-state index contributed by atoms with van der Waals surface area (Å²) >= 11 is 0. The van der Waals surface area contributed by atoms with Crippen molar-refractivity contribution in [3.63, 3.8) is 0 Å². The molecule has 0 fully saturated rings. The van der Waals surface area contributed by atoms with E-state index in [1.165, 1.54) is 6.92 Å². The third-order valence-electron chi connectivity index (χ3n) is 2.79. The molecule has 0 saturated carbocycles. The highest BCUT2D eigenvalue weighted by molar-refractivity contribution is 5.47. The Hall–Kier alpha value is -2.11. The quantitative estimate of drug-likeness (QED) is 0.645. The Morgan fingerprint density at radius 3 is 2.05 bits per heavy atom. The number of hydrogen-bond donors (Lipinski definition) is 1. The molecule has 0 aliphatic carbocycles. The molecular weight excluding hydrogens is 277 g/mol. The zero-order valence-electron chi connectivity index (χ0n) is 10.4. The fourth-order valence-electron chi connectivity index (χ4n) is 1.78. The van der Waals surface area contributed by atoms with Crippen LogP contribution in [-0.4, -0.2) is 0 Å². The summed E-state index contributed by atoms with van der Waals surface area (Å²) in [5, 5.41) is 2.53. The molecule has 0 aliphatic rings. The average Bonchev–Trinajstić information content (AvgIpc) is 2.38. The van der Waals surface area contributed by atoms with Crippen molar-refractivity contribution in [3.8, 4) is 0 Å². The van der Waals surface area contributed by atoms with E-state index in [1.54, 1.807) is 0 Å². The topological polar surface area (TPSA) is 12.0 Å². The molecular formula is C14H10F5N. The lowest BCUT2D eigenvalue weighted by Crippen LogP contribution is -2.10. The van der Waals surface area contributed by atoms with E-state index in [4.69, 9.17) is 0 Å². The van der Waals surface area contributed by atoms with Crippen molar-refractivity contribution < 1.29 is 22.0 Å². The Bertz CT molecular complexity index is 621. The molecule has 0 amide bonds. The van der Waals surface area contributed by atoms with Crippen LogP contribution in [0.1, 0.15) is 18.5 Å². The lowest BCUT2D eigenvalue weighted by atomic mass is 10.1. The summed E-state index contributed by atoms with van der Waals surface area (Å²) in [5.74, 6) is -5.85. The van der Waals surface area contributed by atoms with Gasteiger partial charge in [0.05, 0.1) is 5.69 Å². The van der Waals surface area contributed by atoms with Gasteiger partial charge in [0.15, 0.2) is 17.5 Å². The molecule has 2 aromatic carbocycles. The van der Waals surface area contributed by atoms with Crippen LogP contribution in [0.3, 0.4) is 0 Å². The highest BCUT2D eigenvalue weighted by Gasteiger charge is 2.16. The maximum Gasteiger partial charge on any atom is 0.196 e. The molecule has 0 aromatic heterocycles. The summed E-state index contributed by atoms with van der Waals surface area (Å²) in [6.45, 7) is 1.51. The van der Waals surface area contributed by atoms with Gasteiger partial charge in [-0.05, 0) is 36.8 Å². The molecule has 1 atom stereocenters. The minimum absolute atomic E-state index is 0.214. The van der Waals surface area contributed by atoms with Crippen LogP contribution in [0.25, 0.3) is 0 Å². The average molecular weight is 287 g/mol. The van der Waals surface area contributed by atoms with E-state index in [-0.39, 0.29) is 11.3 Å². The molecule has 2 rings (SSSR count). The Balaban J connectivity index is 2.28. The molecule has 2 aromatic rings. The highest BCUT2D eigenvalue weighted by Crippen LogP contribution is 2.25. The number of halogens is 5. The van der Waals surface area contributed by atoms with E-state index in [1.807, 2.05) is 0 Å². The maximum atomic E-state index is 13.5. The zero-order valence-corrected chi connectivity index (χ0v) is 10.4. The lowest BCUT2D eigenvalue weighted by molar-refractivity contribution is 0.448. The molecule has 0 radical (unpaired) electrons. The van der Waals surface area contributed by atoms with Gasteiger partial charge >= 0.3 is 0 Å². The zero-order chi connectivity index (χ0) is 14.9. The van der Waals surface area contributed by atoms with E-state index in [2.05, 4.69) is 5.32 Å². The van der Waals surface area contributed by atoms with Crippen LogP contribution in [-0.2, 0) is 0 Å². The first kappa shape index (κ1) is 14.3. The first-order valence-corrected chi connectivity index (χ1v) is 5.74. The van der Waals surface area contributed by atoms with E-state index >= 15 is 0 Å². The van der Waals surface area contributed by atoms with Crippen LogP contribution in [0.4, 0.5) is 27.6 Å². The van der Waals surface area contributed by atoms with Gasteiger partial charge in [-0.25, -0.2) is 22.0 Å². The molecule has 1 nitrogen and oxygen atoms in total. The predicted octanol–water partition coefficient (Wildman–Crippen LogP) is 4.56. The van der Waals surface area contributed by atoms with Crippen molar-refractivity contribution in [1.82, 2.24) is 0 Å². The largest absolute Gasteiger partial charge is 0.376 e. The van der Waals surface area contributed by atoms with Gasteiger partial charge < -0.3 is 5.32 Å². The molecule has 6 heteroatoms. The second-order valence-corrected chi connectivity index (χ2v) is 4.29. The van der Waals surface area contributed by atoms with Gasteiger partial charge in [-0.15, -0.1) is 0 Å². The first-order valence-electron chi connectivity index (χ1n) is 5.74. The Labute approximate surface area is 112 Å². The fourth-order valence-corrected chi connectivity index (χ4v) is 1.78. The smallest absolute Gasteiger partial charge is 0.196 e. The third-order valence-corrected chi connectivity index (χ3v) is 2.79. The normalized spacial score (nSPS) is 12.3. The van der Waals surface area contributed by atoms with Gasteiger partial charge in [-0.2, -0.15) is 0 Å². The van der Waals surface area contributed by atoms with Gasteiger partial charge in [0, 0.05) is 12.1 Å². The third kappa shape index (κ3) is 2.89. The summed E-state index contributed by atoms with van der Waals surface area (Å²) in [6.07, 6.45) is 0. The second kappa shape index (κ2) is 5.48. The summed E-state index contributed by atoms with van der Waals surface area (Å²) < 4.78 is 65.5. The molecule has 0 spiro atoms. The van der Waals surface area contributed by atoms with Crippen LogP contribution < -0.4 is 5.32 Å². The first-order chi connectivity index (χ1) is 9.38. The summed E-state index contributed by atoms with van der Waals surface area (Å²) in [6, 6.07) is 3.92. The summed E-state index contributed by atoms with van der Waals surface area (Å²) in [7, 11) is 0. The molecule has 20 heavy (non-hydrogen) atoms. The van der Waals surface area contributed by atoms with Crippen LogP contribution in [0, 0.1) is 29.1 Å². The highest BCUT2D eigenvalue weighted by atomic mass is 19.2. The van der Waals surface area contributed by atoms with Gasteiger partial charge in [0.1, 0.15) is 11.6 Å².